The quantitative estimate of drug-likeness (QED) is 0.858. The summed E-state index contributed by atoms with van der Waals surface area (Å²) in [5.41, 5.74) is 6.65. The maximum absolute atomic E-state index is 10.7. The van der Waals surface area contributed by atoms with Gasteiger partial charge < -0.3 is 15.7 Å². The molecule has 1 saturated heterocycles. The van der Waals surface area contributed by atoms with Crippen LogP contribution in [0.4, 0.5) is 5.69 Å². The van der Waals surface area contributed by atoms with Crippen LogP contribution in [0.15, 0.2) is 24.3 Å². The molecule has 104 valence electrons. The molecule has 1 aromatic rings. The average Bonchev–Trinajstić information content (AvgIpc) is 2.39. The summed E-state index contributed by atoms with van der Waals surface area (Å²) in [5, 5.41) is 9.53. The van der Waals surface area contributed by atoms with E-state index < -0.39 is 12.0 Å². The number of nitrogens with zero attached hydrogens (tertiary/aromatic N) is 2. The molecule has 0 aromatic heterocycles. The summed E-state index contributed by atoms with van der Waals surface area (Å²) in [6.45, 7) is 3.74. The first-order valence-corrected chi connectivity index (χ1v) is 6.65. The van der Waals surface area contributed by atoms with Gasteiger partial charge in [-0.1, -0.05) is 17.7 Å². The first-order chi connectivity index (χ1) is 9.06. The number of hydrogen-bond acceptors (Lipinski definition) is 4. The van der Waals surface area contributed by atoms with Gasteiger partial charge >= 0.3 is 5.97 Å². The van der Waals surface area contributed by atoms with Gasteiger partial charge in [0.05, 0.1) is 0 Å². The maximum atomic E-state index is 10.7. The molecule has 1 aliphatic heterocycles. The lowest BCUT2D eigenvalue weighted by atomic mass is 10.2. The highest BCUT2D eigenvalue weighted by atomic mass is 35.5. The van der Waals surface area contributed by atoms with Crippen molar-refractivity contribution in [2.45, 2.75) is 6.04 Å². The number of carboxylic acids is 1. The van der Waals surface area contributed by atoms with Crippen LogP contribution in [0.5, 0.6) is 0 Å². The molecule has 0 radical (unpaired) electrons. The molecule has 1 aliphatic rings. The number of nitrogens with two attached hydrogens (primary N) is 1. The molecular weight excluding hydrogens is 266 g/mol. The minimum atomic E-state index is -0.947. The van der Waals surface area contributed by atoms with Crippen molar-refractivity contribution in [1.29, 1.82) is 0 Å². The van der Waals surface area contributed by atoms with Crippen LogP contribution in [-0.4, -0.2) is 54.7 Å². The van der Waals surface area contributed by atoms with Gasteiger partial charge in [0.1, 0.15) is 6.04 Å². The summed E-state index contributed by atoms with van der Waals surface area (Å²) in [7, 11) is 0. The molecule has 1 fully saturated rings. The van der Waals surface area contributed by atoms with Crippen LogP contribution in [-0.2, 0) is 4.79 Å². The smallest absolute Gasteiger partial charge is 0.321 e. The highest BCUT2D eigenvalue weighted by molar-refractivity contribution is 6.30. The average molecular weight is 284 g/mol. The van der Waals surface area contributed by atoms with Gasteiger partial charge in [0, 0.05) is 43.4 Å². The van der Waals surface area contributed by atoms with Gasteiger partial charge in [0.15, 0.2) is 0 Å². The van der Waals surface area contributed by atoms with Gasteiger partial charge in [0.25, 0.3) is 0 Å². The van der Waals surface area contributed by atoms with E-state index in [9.17, 15) is 4.79 Å². The summed E-state index contributed by atoms with van der Waals surface area (Å²) in [6, 6.07) is 6.96. The van der Waals surface area contributed by atoms with E-state index in [0.717, 1.165) is 36.9 Å². The fourth-order valence-electron chi connectivity index (χ4n) is 2.22. The lowest BCUT2D eigenvalue weighted by Gasteiger charge is -2.36. The molecule has 1 aromatic carbocycles. The van der Waals surface area contributed by atoms with Crippen LogP contribution in [0.1, 0.15) is 0 Å². The van der Waals surface area contributed by atoms with Crippen molar-refractivity contribution >= 4 is 23.3 Å². The predicted molar refractivity (Wildman–Crippen MR) is 75.7 cm³/mol. The summed E-state index contributed by atoms with van der Waals surface area (Å²) >= 11 is 5.98. The van der Waals surface area contributed by atoms with E-state index in [-0.39, 0.29) is 0 Å². The summed E-state index contributed by atoms with van der Waals surface area (Å²) in [6.07, 6.45) is 0. The fourth-order valence-corrected chi connectivity index (χ4v) is 2.40. The third kappa shape index (κ3) is 3.83. The Morgan fingerprint density at radius 1 is 1.37 bits per heavy atom. The van der Waals surface area contributed by atoms with Crippen molar-refractivity contribution in [2.24, 2.45) is 5.73 Å². The van der Waals surface area contributed by atoms with E-state index in [4.69, 9.17) is 22.4 Å². The molecular formula is C13H18ClN3O2. The topological polar surface area (TPSA) is 69.8 Å². The van der Waals surface area contributed by atoms with Gasteiger partial charge in [0.2, 0.25) is 0 Å². The number of benzene rings is 1. The van der Waals surface area contributed by atoms with Crippen molar-refractivity contribution in [3.63, 3.8) is 0 Å². The van der Waals surface area contributed by atoms with Crippen LogP contribution >= 0.6 is 11.6 Å². The molecule has 1 heterocycles. The van der Waals surface area contributed by atoms with Crippen LogP contribution < -0.4 is 10.6 Å². The number of piperazine rings is 1. The van der Waals surface area contributed by atoms with E-state index in [1.165, 1.54) is 0 Å². The number of rotatable bonds is 4. The third-order valence-electron chi connectivity index (χ3n) is 3.32. The summed E-state index contributed by atoms with van der Waals surface area (Å²) in [5.74, 6) is -0.947. The predicted octanol–water partition coefficient (Wildman–Crippen LogP) is 0.874. The number of carbonyl (C=O) groups is 1. The van der Waals surface area contributed by atoms with Gasteiger partial charge in [-0.25, -0.2) is 0 Å². The number of anilines is 1. The Morgan fingerprint density at radius 2 is 2.05 bits per heavy atom. The lowest BCUT2D eigenvalue weighted by molar-refractivity contribution is -0.139. The SMILES string of the molecule is NC(CN1CCN(c2cccc(Cl)c2)CC1)C(=O)O. The van der Waals surface area contributed by atoms with Crippen LogP contribution in [0.2, 0.25) is 5.02 Å². The van der Waals surface area contributed by atoms with Crippen LogP contribution in [0, 0.1) is 0 Å². The molecule has 2 rings (SSSR count). The minimum Gasteiger partial charge on any atom is -0.480 e. The van der Waals surface area contributed by atoms with Crippen molar-refractivity contribution < 1.29 is 9.90 Å². The van der Waals surface area contributed by atoms with Crippen molar-refractivity contribution in [1.82, 2.24) is 4.90 Å². The number of aliphatic carboxylic acids is 1. The van der Waals surface area contributed by atoms with Crippen molar-refractivity contribution in [3.8, 4) is 0 Å². The highest BCUT2D eigenvalue weighted by Gasteiger charge is 2.21. The molecule has 5 nitrogen and oxygen atoms in total. The summed E-state index contributed by atoms with van der Waals surface area (Å²) < 4.78 is 0. The second-order valence-corrected chi connectivity index (χ2v) is 5.15. The van der Waals surface area contributed by atoms with Gasteiger partial charge in [-0.15, -0.1) is 0 Å². The monoisotopic (exact) mass is 283 g/mol. The number of hydrogen-bond donors (Lipinski definition) is 2. The Balaban J connectivity index is 1.87. The van der Waals surface area contributed by atoms with E-state index in [2.05, 4.69) is 9.80 Å². The minimum absolute atomic E-state index is 0.402. The van der Waals surface area contributed by atoms with Gasteiger partial charge in [-0.05, 0) is 18.2 Å². The Hall–Kier alpha value is -1.30. The molecule has 0 aliphatic carbocycles. The zero-order chi connectivity index (χ0) is 13.8. The number of carboxylic acid groups (broad SMARTS) is 1. The van der Waals surface area contributed by atoms with Crippen LogP contribution in [0.3, 0.4) is 0 Å². The van der Waals surface area contributed by atoms with E-state index >= 15 is 0 Å². The Morgan fingerprint density at radius 3 is 2.63 bits per heavy atom. The molecule has 3 N–H and O–H groups in total. The molecule has 19 heavy (non-hydrogen) atoms. The maximum Gasteiger partial charge on any atom is 0.321 e. The molecule has 1 atom stereocenters. The Labute approximate surface area is 117 Å². The van der Waals surface area contributed by atoms with Crippen molar-refractivity contribution in [3.05, 3.63) is 29.3 Å². The fraction of sp³-hybridized carbons (Fsp3) is 0.462. The van der Waals surface area contributed by atoms with E-state index in [1.54, 1.807) is 0 Å². The second-order valence-electron chi connectivity index (χ2n) is 4.71. The first-order valence-electron chi connectivity index (χ1n) is 6.27. The second kappa shape index (κ2) is 6.23. The third-order valence-corrected chi connectivity index (χ3v) is 3.55. The van der Waals surface area contributed by atoms with Crippen LogP contribution in [0.25, 0.3) is 0 Å². The Bertz CT molecular complexity index is 447. The molecule has 1 unspecified atom stereocenters. The largest absolute Gasteiger partial charge is 0.480 e. The Kier molecular flexibility index (Phi) is 4.63. The first kappa shape index (κ1) is 14.1. The zero-order valence-electron chi connectivity index (χ0n) is 10.6. The zero-order valence-corrected chi connectivity index (χ0v) is 11.4. The van der Waals surface area contributed by atoms with E-state index in [0.29, 0.717) is 6.54 Å². The lowest BCUT2D eigenvalue weighted by Crippen LogP contribution is -2.51. The normalized spacial score (nSPS) is 18.3. The summed E-state index contributed by atoms with van der Waals surface area (Å²) in [4.78, 5) is 15.0. The van der Waals surface area contributed by atoms with Gasteiger partial charge in [-0.2, -0.15) is 0 Å². The molecule has 0 amide bonds. The molecule has 0 spiro atoms. The highest BCUT2D eigenvalue weighted by Crippen LogP contribution is 2.20. The molecule has 0 bridgehead atoms. The molecule has 6 heteroatoms. The number of halogens is 1. The van der Waals surface area contributed by atoms with E-state index in [1.807, 2.05) is 24.3 Å². The molecule has 0 saturated carbocycles. The standard InChI is InChI=1S/C13H18ClN3O2/c14-10-2-1-3-11(8-10)17-6-4-16(5-7-17)9-12(15)13(18)19/h1-3,8,12H,4-7,9,15H2,(H,18,19). The van der Waals surface area contributed by atoms with Gasteiger partial charge in [-0.3, -0.25) is 9.69 Å². The van der Waals surface area contributed by atoms with Crippen molar-refractivity contribution in [2.75, 3.05) is 37.6 Å².